The summed E-state index contributed by atoms with van der Waals surface area (Å²) in [5, 5.41) is -4.28. The summed E-state index contributed by atoms with van der Waals surface area (Å²) in [6.07, 6.45) is -9.74. The van der Waals surface area contributed by atoms with Crippen LogP contribution in [0.4, 0.5) is 22.0 Å². The molecule has 0 saturated heterocycles. The van der Waals surface area contributed by atoms with E-state index >= 15 is 0 Å². The van der Waals surface area contributed by atoms with Crippen LogP contribution in [-0.4, -0.2) is 40.5 Å². The van der Waals surface area contributed by atoms with Crippen molar-refractivity contribution in [2.24, 2.45) is 0 Å². The van der Waals surface area contributed by atoms with Crippen molar-refractivity contribution < 1.29 is 40.0 Å². The third-order valence-corrected chi connectivity index (χ3v) is 5.47. The maximum Gasteiger partial charge on any atom is 0.434 e. The van der Waals surface area contributed by atoms with E-state index in [1.54, 1.807) is 0 Å². The summed E-state index contributed by atoms with van der Waals surface area (Å²) < 4.78 is 90.3. The van der Waals surface area contributed by atoms with Crippen LogP contribution in [0.15, 0.2) is 0 Å². The molecule has 0 aromatic heterocycles. The van der Waals surface area contributed by atoms with Gasteiger partial charge in [0.05, 0.1) is 0 Å². The number of alkyl halides is 5. The van der Waals surface area contributed by atoms with E-state index in [4.69, 9.17) is 0 Å². The number of rotatable bonds is 6. The van der Waals surface area contributed by atoms with Crippen molar-refractivity contribution in [1.82, 2.24) is 0 Å². The Morgan fingerprint density at radius 3 is 1.58 bits per heavy atom. The van der Waals surface area contributed by atoms with E-state index in [2.05, 4.69) is 13.5 Å². The predicted octanol–water partition coefficient (Wildman–Crippen LogP) is 3.85. The molecule has 0 spiro atoms. The van der Waals surface area contributed by atoms with Crippen molar-refractivity contribution in [2.45, 2.75) is 37.6 Å². The van der Waals surface area contributed by atoms with Crippen LogP contribution in [0, 0.1) is 0 Å². The molecule has 0 aliphatic rings. The van der Waals surface area contributed by atoms with Gasteiger partial charge in [0.1, 0.15) is 0 Å². The van der Waals surface area contributed by atoms with Gasteiger partial charge in [0.25, 0.3) is 6.43 Å². The lowest BCUT2D eigenvalue weighted by Crippen LogP contribution is -2.58. The van der Waals surface area contributed by atoms with Crippen molar-refractivity contribution in [3.8, 4) is 0 Å². The van der Waals surface area contributed by atoms with E-state index in [0.717, 1.165) is 0 Å². The minimum Gasteiger partial charge on any atom is -0.391 e. The zero-order valence-corrected chi connectivity index (χ0v) is 12.9. The first-order valence-corrected chi connectivity index (χ1v) is 9.99. The molecule has 116 valence electrons. The summed E-state index contributed by atoms with van der Waals surface area (Å²) in [6, 6.07) is 0. The van der Waals surface area contributed by atoms with E-state index in [9.17, 15) is 26.5 Å². The first kappa shape index (κ1) is 19.0. The fourth-order valence-corrected chi connectivity index (χ4v) is 5.02. The van der Waals surface area contributed by atoms with Gasteiger partial charge in [-0.05, 0) is 19.6 Å². The largest absolute Gasteiger partial charge is 0.434 e. The molecular formula is C8H16F5O4PSi. The molecule has 4 nitrogen and oxygen atoms in total. The summed E-state index contributed by atoms with van der Waals surface area (Å²) in [5.74, 6) is 0. The molecule has 11 heteroatoms. The molecule has 0 rings (SSSR count). The highest BCUT2D eigenvalue weighted by atomic mass is 31.2. The highest BCUT2D eigenvalue weighted by Crippen LogP contribution is 2.68. The first-order chi connectivity index (χ1) is 8.27. The van der Waals surface area contributed by atoms with E-state index in [0.29, 0.717) is 14.2 Å². The predicted molar refractivity (Wildman–Crippen MR) is 60.8 cm³/mol. The van der Waals surface area contributed by atoms with Crippen LogP contribution >= 0.6 is 7.60 Å². The summed E-state index contributed by atoms with van der Waals surface area (Å²) in [5.41, 5.74) is 0. The standard InChI is InChI=1S/C8H16F5O4PSi/c1-15-18(14,16-2)7(6(9)10,8(11,12)13)17-19(3,4)5/h6H,1-5H3. The Kier molecular flexibility index (Phi) is 5.76. The van der Waals surface area contributed by atoms with Gasteiger partial charge >= 0.3 is 19.1 Å². The van der Waals surface area contributed by atoms with Crippen molar-refractivity contribution >= 4 is 15.9 Å². The summed E-state index contributed by atoms with van der Waals surface area (Å²) >= 11 is 0. The molecule has 0 aliphatic carbocycles. The Morgan fingerprint density at radius 1 is 1.05 bits per heavy atom. The maximum absolute atomic E-state index is 13.1. The SMILES string of the molecule is COP(=O)(OC)C(O[Si](C)(C)C)(C(F)F)C(F)(F)F. The number of hydrogen-bond donors (Lipinski definition) is 0. The molecule has 0 heterocycles. The highest BCUT2D eigenvalue weighted by molar-refractivity contribution is 7.55. The van der Waals surface area contributed by atoms with Crippen molar-refractivity contribution in [2.75, 3.05) is 14.2 Å². The third kappa shape index (κ3) is 3.55. The Bertz CT molecular complexity index is 348. The lowest BCUT2D eigenvalue weighted by molar-refractivity contribution is -0.259. The quantitative estimate of drug-likeness (QED) is 0.422. The average Bonchev–Trinajstić information content (AvgIpc) is 2.21. The molecule has 0 radical (unpaired) electrons. The van der Waals surface area contributed by atoms with Gasteiger partial charge in [-0.3, -0.25) is 4.57 Å². The van der Waals surface area contributed by atoms with Crippen LogP contribution in [0.25, 0.3) is 0 Å². The van der Waals surface area contributed by atoms with Crippen LogP contribution in [0.1, 0.15) is 0 Å². The van der Waals surface area contributed by atoms with Crippen molar-refractivity contribution in [1.29, 1.82) is 0 Å². The zero-order chi connectivity index (χ0) is 15.7. The molecule has 0 aromatic carbocycles. The summed E-state index contributed by atoms with van der Waals surface area (Å²) in [6.45, 7) is 3.77. The molecule has 1 unspecified atom stereocenters. The topological polar surface area (TPSA) is 44.8 Å². The highest BCUT2D eigenvalue weighted by Gasteiger charge is 2.75. The molecule has 0 saturated carbocycles. The van der Waals surface area contributed by atoms with Gasteiger partial charge in [-0.1, -0.05) is 0 Å². The molecule has 0 bridgehead atoms. The first-order valence-electron chi connectivity index (χ1n) is 5.04. The van der Waals surface area contributed by atoms with Crippen LogP contribution in [0.2, 0.25) is 19.6 Å². The fraction of sp³-hybridized carbons (Fsp3) is 1.00. The van der Waals surface area contributed by atoms with E-state index in [1.165, 1.54) is 19.6 Å². The minimum atomic E-state index is -5.62. The maximum atomic E-state index is 13.1. The van der Waals surface area contributed by atoms with Gasteiger partial charge in [0.2, 0.25) is 0 Å². The van der Waals surface area contributed by atoms with Crippen LogP contribution in [0.5, 0.6) is 0 Å². The molecule has 0 fully saturated rings. The number of hydrogen-bond acceptors (Lipinski definition) is 4. The molecule has 19 heavy (non-hydrogen) atoms. The van der Waals surface area contributed by atoms with Crippen molar-refractivity contribution in [3.63, 3.8) is 0 Å². The molecule has 0 aliphatic heterocycles. The van der Waals surface area contributed by atoms with Gasteiger partial charge < -0.3 is 13.5 Å². The van der Waals surface area contributed by atoms with Crippen LogP contribution in [0.3, 0.4) is 0 Å². The van der Waals surface area contributed by atoms with Gasteiger partial charge in [0, 0.05) is 14.2 Å². The summed E-state index contributed by atoms with van der Waals surface area (Å²) in [7, 11) is -7.20. The normalized spacial score (nSPS) is 17.6. The smallest absolute Gasteiger partial charge is 0.391 e. The zero-order valence-electron chi connectivity index (χ0n) is 11.0. The monoisotopic (exact) mass is 330 g/mol. The second-order valence-corrected chi connectivity index (χ2v) is 11.4. The van der Waals surface area contributed by atoms with Gasteiger partial charge in [-0.15, -0.1) is 0 Å². The third-order valence-electron chi connectivity index (χ3n) is 2.05. The summed E-state index contributed by atoms with van der Waals surface area (Å²) in [4.78, 5) is 0. The number of halogens is 5. The Labute approximate surface area is 108 Å². The molecular weight excluding hydrogens is 314 g/mol. The average molecular weight is 330 g/mol. The minimum absolute atomic E-state index is 0.598. The Hall–Kier alpha value is -0.0231. The van der Waals surface area contributed by atoms with Crippen molar-refractivity contribution in [3.05, 3.63) is 0 Å². The van der Waals surface area contributed by atoms with Crippen LogP contribution < -0.4 is 0 Å². The van der Waals surface area contributed by atoms with Gasteiger partial charge in [-0.25, -0.2) is 8.78 Å². The molecule has 0 amide bonds. The molecule has 1 atom stereocenters. The van der Waals surface area contributed by atoms with Gasteiger partial charge in [-0.2, -0.15) is 13.2 Å². The molecule has 0 aromatic rings. The molecule has 0 N–H and O–H groups in total. The van der Waals surface area contributed by atoms with E-state index in [1.807, 2.05) is 0 Å². The van der Waals surface area contributed by atoms with E-state index < -0.39 is 33.9 Å². The second kappa shape index (κ2) is 5.77. The Morgan fingerprint density at radius 2 is 1.42 bits per heavy atom. The van der Waals surface area contributed by atoms with Crippen LogP contribution in [-0.2, 0) is 18.0 Å². The second-order valence-electron chi connectivity index (χ2n) is 4.57. The van der Waals surface area contributed by atoms with E-state index in [-0.39, 0.29) is 0 Å². The van der Waals surface area contributed by atoms with Gasteiger partial charge in [0.15, 0.2) is 8.32 Å². The lowest BCUT2D eigenvalue weighted by Gasteiger charge is -2.41. The fourth-order valence-electron chi connectivity index (χ4n) is 1.37. The Balaban J connectivity index is 6.18. The lowest BCUT2D eigenvalue weighted by atomic mass is 10.3.